The Morgan fingerprint density at radius 1 is 1.07 bits per heavy atom. The maximum Gasteiger partial charge on any atom is 0.246 e. The van der Waals surface area contributed by atoms with Gasteiger partial charge in [-0.25, -0.2) is 0 Å². The molecule has 0 bridgehead atoms. The summed E-state index contributed by atoms with van der Waals surface area (Å²) in [7, 11) is 1.59. The number of benzene rings is 2. The van der Waals surface area contributed by atoms with Crippen LogP contribution in [0.25, 0.3) is 0 Å². The van der Waals surface area contributed by atoms with Crippen LogP contribution < -0.4 is 20.7 Å². The zero-order chi connectivity index (χ0) is 19.8. The van der Waals surface area contributed by atoms with E-state index in [0.29, 0.717) is 18.2 Å². The highest BCUT2D eigenvalue weighted by Crippen LogP contribution is 2.22. The maximum absolute atomic E-state index is 12.7. The zero-order valence-electron chi connectivity index (χ0n) is 16.5. The van der Waals surface area contributed by atoms with Crippen molar-refractivity contribution < 1.29 is 14.3 Å². The molecule has 28 heavy (non-hydrogen) atoms. The molecular weight excluding hydrogens is 378 g/mol. The van der Waals surface area contributed by atoms with Gasteiger partial charge in [0, 0.05) is 5.69 Å². The van der Waals surface area contributed by atoms with E-state index in [4.69, 9.17) is 10.5 Å². The van der Waals surface area contributed by atoms with Crippen molar-refractivity contribution in [2.75, 3.05) is 25.1 Å². The number of carbonyl (C=O) groups is 2. The second-order valence-corrected chi connectivity index (χ2v) is 6.56. The lowest BCUT2D eigenvalue weighted by Gasteiger charge is -2.24. The minimum Gasteiger partial charge on any atom is -0.497 e. The number of amides is 2. The molecule has 2 rings (SSSR count). The molecule has 0 atom stereocenters. The molecule has 6 nitrogen and oxygen atoms in total. The molecule has 0 aliphatic rings. The number of halogens is 1. The van der Waals surface area contributed by atoms with Gasteiger partial charge in [0.2, 0.25) is 11.8 Å². The Labute approximate surface area is 172 Å². The maximum atomic E-state index is 12.7. The Hall–Kier alpha value is -2.57. The fourth-order valence-corrected chi connectivity index (χ4v) is 2.62. The fourth-order valence-electron chi connectivity index (χ4n) is 2.62. The third kappa shape index (κ3) is 6.55. The number of anilines is 1. The van der Waals surface area contributed by atoms with Gasteiger partial charge in [0.1, 0.15) is 5.75 Å². The summed E-state index contributed by atoms with van der Waals surface area (Å²) in [6, 6.07) is 15.5. The van der Waals surface area contributed by atoms with Crippen molar-refractivity contribution in [3.05, 3.63) is 59.7 Å². The normalized spacial score (nSPS) is 10.2. The second kappa shape index (κ2) is 11.3. The van der Waals surface area contributed by atoms with Gasteiger partial charge in [-0.05, 0) is 41.3 Å². The highest BCUT2D eigenvalue weighted by Gasteiger charge is 2.17. The Balaban J connectivity index is 0.00000392. The van der Waals surface area contributed by atoms with Crippen molar-refractivity contribution in [1.82, 2.24) is 5.32 Å². The number of nitrogens with zero attached hydrogens (tertiary/aromatic N) is 1. The first-order chi connectivity index (χ1) is 12.9. The van der Waals surface area contributed by atoms with Crippen molar-refractivity contribution in [3.8, 4) is 5.75 Å². The van der Waals surface area contributed by atoms with Crippen LogP contribution in [0.1, 0.15) is 30.9 Å². The molecule has 0 aromatic heterocycles. The van der Waals surface area contributed by atoms with Gasteiger partial charge in [0.15, 0.2) is 0 Å². The van der Waals surface area contributed by atoms with Crippen LogP contribution >= 0.6 is 12.4 Å². The molecule has 0 saturated heterocycles. The molecule has 7 heteroatoms. The molecule has 0 aliphatic heterocycles. The van der Waals surface area contributed by atoms with Gasteiger partial charge >= 0.3 is 0 Å². The van der Waals surface area contributed by atoms with E-state index in [9.17, 15) is 9.59 Å². The molecule has 0 saturated carbocycles. The predicted octanol–water partition coefficient (Wildman–Crippen LogP) is 2.85. The van der Waals surface area contributed by atoms with Crippen LogP contribution in [0.2, 0.25) is 0 Å². The first kappa shape index (κ1) is 23.5. The van der Waals surface area contributed by atoms with Crippen LogP contribution in [0.3, 0.4) is 0 Å². The van der Waals surface area contributed by atoms with E-state index in [1.807, 2.05) is 24.3 Å². The van der Waals surface area contributed by atoms with E-state index in [0.717, 1.165) is 11.3 Å². The third-order valence-corrected chi connectivity index (χ3v) is 4.29. The van der Waals surface area contributed by atoms with E-state index in [2.05, 4.69) is 31.3 Å². The van der Waals surface area contributed by atoms with Crippen LogP contribution in [-0.2, 0) is 16.1 Å². The summed E-state index contributed by atoms with van der Waals surface area (Å²) in [4.78, 5) is 25.8. The van der Waals surface area contributed by atoms with Gasteiger partial charge in [0.25, 0.3) is 0 Å². The van der Waals surface area contributed by atoms with Crippen LogP contribution in [0, 0.1) is 0 Å². The van der Waals surface area contributed by atoms with Gasteiger partial charge in [-0.15, -0.1) is 12.4 Å². The first-order valence-electron chi connectivity index (χ1n) is 8.94. The fraction of sp³-hybridized carbons (Fsp3) is 0.333. The molecule has 2 aromatic carbocycles. The Morgan fingerprint density at radius 2 is 1.68 bits per heavy atom. The SMILES string of the molecule is COc1ccc(N(Cc2ccc(C(C)C)cc2)C(=O)CNC(=O)CN)cc1.Cl. The smallest absolute Gasteiger partial charge is 0.246 e. The van der Waals surface area contributed by atoms with E-state index < -0.39 is 0 Å². The average Bonchev–Trinajstić information content (AvgIpc) is 2.70. The van der Waals surface area contributed by atoms with E-state index >= 15 is 0 Å². The molecule has 0 spiro atoms. The summed E-state index contributed by atoms with van der Waals surface area (Å²) in [5, 5.41) is 2.53. The minimum absolute atomic E-state index is 0. The third-order valence-electron chi connectivity index (χ3n) is 4.29. The summed E-state index contributed by atoms with van der Waals surface area (Å²) in [6.07, 6.45) is 0. The Kier molecular flexibility index (Phi) is 9.48. The molecular formula is C21H28ClN3O3. The molecule has 2 amide bonds. The molecule has 3 N–H and O–H groups in total. The molecule has 0 heterocycles. The highest BCUT2D eigenvalue weighted by atomic mass is 35.5. The minimum atomic E-state index is -0.362. The van der Waals surface area contributed by atoms with Crippen molar-refractivity contribution in [3.63, 3.8) is 0 Å². The number of methoxy groups -OCH3 is 1. The lowest BCUT2D eigenvalue weighted by atomic mass is 10.0. The molecule has 152 valence electrons. The Morgan fingerprint density at radius 3 is 2.18 bits per heavy atom. The highest BCUT2D eigenvalue weighted by molar-refractivity contribution is 5.96. The van der Waals surface area contributed by atoms with Crippen molar-refractivity contribution in [1.29, 1.82) is 0 Å². The van der Waals surface area contributed by atoms with E-state index in [-0.39, 0.29) is 37.3 Å². The van der Waals surface area contributed by atoms with Gasteiger partial charge in [-0.1, -0.05) is 38.1 Å². The topological polar surface area (TPSA) is 84.7 Å². The number of rotatable bonds is 8. The molecule has 0 aliphatic carbocycles. The summed E-state index contributed by atoms with van der Waals surface area (Å²) in [6.45, 7) is 4.44. The molecule has 2 aromatic rings. The lowest BCUT2D eigenvalue weighted by molar-refractivity contribution is -0.124. The quantitative estimate of drug-likeness (QED) is 0.707. The molecule has 0 unspecified atom stereocenters. The van der Waals surface area contributed by atoms with E-state index in [1.54, 1.807) is 24.1 Å². The number of hydrogen-bond acceptors (Lipinski definition) is 4. The Bertz CT molecular complexity index is 761. The predicted molar refractivity (Wildman–Crippen MR) is 114 cm³/mol. The summed E-state index contributed by atoms with van der Waals surface area (Å²) >= 11 is 0. The first-order valence-corrected chi connectivity index (χ1v) is 8.94. The monoisotopic (exact) mass is 405 g/mol. The number of hydrogen-bond donors (Lipinski definition) is 2. The standard InChI is InChI=1S/C21H27N3O3.ClH/c1-15(2)17-6-4-16(5-7-17)14-24(21(26)13-23-20(25)12-22)18-8-10-19(27-3)11-9-18;/h4-11,15H,12-14,22H2,1-3H3,(H,23,25);1H. The van der Waals surface area contributed by atoms with Crippen LogP contribution in [0.15, 0.2) is 48.5 Å². The summed E-state index contributed by atoms with van der Waals surface area (Å²) in [5.74, 6) is 0.586. The lowest BCUT2D eigenvalue weighted by Crippen LogP contribution is -2.41. The van der Waals surface area contributed by atoms with Crippen molar-refractivity contribution in [2.24, 2.45) is 5.73 Å². The number of ether oxygens (including phenoxy) is 1. The van der Waals surface area contributed by atoms with Crippen LogP contribution in [0.4, 0.5) is 5.69 Å². The zero-order valence-corrected chi connectivity index (χ0v) is 17.3. The molecule has 0 radical (unpaired) electrons. The second-order valence-electron chi connectivity index (χ2n) is 6.56. The van der Waals surface area contributed by atoms with Gasteiger partial charge in [-0.2, -0.15) is 0 Å². The average molecular weight is 406 g/mol. The van der Waals surface area contributed by atoms with Crippen LogP contribution in [0.5, 0.6) is 5.75 Å². The van der Waals surface area contributed by atoms with Gasteiger partial charge in [0.05, 0.1) is 26.7 Å². The number of nitrogens with two attached hydrogens (primary N) is 1. The van der Waals surface area contributed by atoms with E-state index in [1.165, 1.54) is 5.56 Å². The summed E-state index contributed by atoms with van der Waals surface area (Å²) in [5.41, 5.74) is 8.28. The van der Waals surface area contributed by atoms with Crippen molar-refractivity contribution >= 4 is 29.9 Å². The van der Waals surface area contributed by atoms with Gasteiger partial charge in [-0.3, -0.25) is 9.59 Å². The molecule has 0 fully saturated rings. The number of nitrogens with one attached hydrogen (secondary N) is 1. The number of carbonyl (C=O) groups excluding carboxylic acids is 2. The van der Waals surface area contributed by atoms with Crippen molar-refractivity contribution in [2.45, 2.75) is 26.3 Å². The largest absolute Gasteiger partial charge is 0.497 e. The summed E-state index contributed by atoms with van der Waals surface area (Å²) < 4.78 is 5.18. The van der Waals surface area contributed by atoms with Crippen LogP contribution in [-0.4, -0.2) is 32.0 Å². The van der Waals surface area contributed by atoms with Gasteiger partial charge < -0.3 is 20.7 Å².